The van der Waals surface area contributed by atoms with Gasteiger partial charge in [-0.05, 0) is 0 Å². The molecule has 0 saturated carbocycles. The monoisotopic (exact) mass is 862 g/mol. The summed E-state index contributed by atoms with van der Waals surface area (Å²) in [6.45, 7) is 13.7. The zero-order valence-corrected chi connectivity index (χ0v) is 37.1. The van der Waals surface area contributed by atoms with Gasteiger partial charge in [0.1, 0.15) is 0 Å². The van der Waals surface area contributed by atoms with Gasteiger partial charge in [0.05, 0.1) is 0 Å². The van der Waals surface area contributed by atoms with E-state index in [9.17, 15) is 8.42 Å². The first-order chi connectivity index (χ1) is 21.1. The number of nitrogens with zero attached hydrogens (tertiary/aromatic N) is 2. The minimum atomic E-state index is -3.22. The van der Waals surface area contributed by atoms with Crippen molar-refractivity contribution in [2.75, 3.05) is 12.5 Å². The Morgan fingerprint density at radius 3 is 1.23 bits per heavy atom. The Kier molecular flexibility index (Phi) is 22.6. The van der Waals surface area contributed by atoms with Crippen LogP contribution in [-0.4, -0.2) is 67.7 Å². The first kappa shape index (κ1) is 42.2. The number of sulfone groups is 1. The van der Waals surface area contributed by atoms with Gasteiger partial charge in [0.15, 0.2) is 0 Å². The Labute approximate surface area is 285 Å². The quantitative estimate of drug-likeness (QED) is 0.0872. The molecule has 2 aromatic heterocycles. The minimum absolute atomic E-state index is 0.264. The molecule has 0 aliphatic rings. The fourth-order valence-corrected chi connectivity index (χ4v) is 38.7. The molecule has 0 unspecified atom stereocenters. The number of aromatic nitrogens is 2. The van der Waals surface area contributed by atoms with Crippen LogP contribution in [0.2, 0.25) is 26.6 Å². The Morgan fingerprint density at radius 2 is 0.909 bits per heavy atom. The van der Waals surface area contributed by atoms with Gasteiger partial charge >= 0.3 is 288 Å². The second-order valence-electron chi connectivity index (χ2n) is 12.9. The van der Waals surface area contributed by atoms with E-state index in [1.807, 2.05) is 6.07 Å². The van der Waals surface area contributed by atoms with E-state index in [0.717, 1.165) is 0 Å². The molecule has 0 radical (unpaired) electrons. The van der Waals surface area contributed by atoms with Crippen LogP contribution in [0.4, 0.5) is 0 Å². The summed E-state index contributed by atoms with van der Waals surface area (Å²) in [5.41, 5.74) is 0. The molecule has 0 aliphatic heterocycles. The Morgan fingerprint density at radius 1 is 0.568 bits per heavy atom. The van der Waals surface area contributed by atoms with Gasteiger partial charge in [0.25, 0.3) is 0 Å². The fourth-order valence-electron chi connectivity index (χ4n) is 6.35. The van der Waals surface area contributed by atoms with Gasteiger partial charge < -0.3 is 0 Å². The van der Waals surface area contributed by atoms with Crippen molar-refractivity contribution in [3.8, 4) is 0 Å². The van der Waals surface area contributed by atoms with E-state index < -0.39 is 46.6 Å². The third kappa shape index (κ3) is 14.5. The zero-order valence-electron chi connectivity index (χ0n) is 29.7. The number of hydrogen-bond acceptors (Lipinski definition) is 5. The first-order valence-corrected chi connectivity index (χ1v) is 35.9. The number of hydrogen-bond donors (Lipinski definition) is 0. The van der Waals surface area contributed by atoms with Crippen molar-refractivity contribution in [1.29, 1.82) is 0 Å². The van der Waals surface area contributed by atoms with Gasteiger partial charge in [-0.3, -0.25) is 0 Å². The van der Waals surface area contributed by atoms with Crippen molar-refractivity contribution >= 4 is 65.8 Å². The van der Waals surface area contributed by atoms with Crippen molar-refractivity contribution in [2.45, 2.75) is 155 Å². The van der Waals surface area contributed by atoms with E-state index >= 15 is 0 Å². The van der Waals surface area contributed by atoms with Crippen LogP contribution in [0, 0.1) is 0 Å². The van der Waals surface area contributed by atoms with E-state index in [1.165, 1.54) is 119 Å². The second kappa shape index (κ2) is 23.5. The maximum atomic E-state index is 11.9. The molecule has 2 aromatic rings. The molecule has 2 heterocycles. The van der Waals surface area contributed by atoms with E-state index in [1.54, 1.807) is 21.5 Å². The molecule has 0 aliphatic carbocycles. The summed E-state index contributed by atoms with van der Waals surface area (Å²) in [6, 6.07) is 12.5. The average molecular weight is 860 g/mol. The Hall–Kier alpha value is 0.197. The molecule has 0 spiro atoms. The Bertz CT molecular complexity index is 1100. The molecule has 0 fully saturated rings. The second-order valence-corrected chi connectivity index (χ2v) is 41.8. The first-order valence-electron chi connectivity index (χ1n) is 17.8. The van der Waals surface area contributed by atoms with Crippen molar-refractivity contribution in [1.82, 2.24) is 9.97 Å². The van der Waals surface area contributed by atoms with Crippen molar-refractivity contribution in [3.63, 3.8) is 0 Å². The standard InChI is InChI=1S/C6H6NO2S.C6H6NS.6C4H9.2Sn/c1-10(8,9)6-4-2-3-5-7-6;1-8-6-4-2-3-5-7-6;6*1-3-4-2;;/h2-4H,1H3;2-4H,1H3;6*1,3-4H2,2H3;;. The van der Waals surface area contributed by atoms with Crippen LogP contribution in [0.3, 0.4) is 0 Å². The third-order valence-corrected chi connectivity index (χ3v) is 41.0. The average Bonchev–Trinajstić information content (AvgIpc) is 3.04. The molecule has 0 atom stereocenters. The predicted molar refractivity (Wildman–Crippen MR) is 202 cm³/mol. The van der Waals surface area contributed by atoms with Crippen molar-refractivity contribution in [2.24, 2.45) is 0 Å². The van der Waals surface area contributed by atoms with Crippen molar-refractivity contribution < 1.29 is 8.42 Å². The van der Waals surface area contributed by atoms with Crippen LogP contribution in [0.1, 0.15) is 119 Å². The van der Waals surface area contributed by atoms with Crippen LogP contribution in [0.25, 0.3) is 0 Å². The van der Waals surface area contributed by atoms with E-state index in [4.69, 9.17) is 4.98 Å². The van der Waals surface area contributed by atoms with E-state index in [2.05, 4.69) is 77.0 Å². The van der Waals surface area contributed by atoms with Crippen LogP contribution in [0.15, 0.2) is 46.5 Å². The van der Waals surface area contributed by atoms with Crippen LogP contribution >= 0.6 is 11.8 Å². The number of unbranched alkanes of at least 4 members (excludes halogenated alkanes) is 6. The molecule has 0 aromatic carbocycles. The zero-order chi connectivity index (χ0) is 32.9. The van der Waals surface area contributed by atoms with Gasteiger partial charge in [-0.25, -0.2) is 0 Å². The molecule has 0 amide bonds. The van der Waals surface area contributed by atoms with Crippen LogP contribution < -0.4 is 7.42 Å². The van der Waals surface area contributed by atoms with Gasteiger partial charge in [-0.2, -0.15) is 0 Å². The summed E-state index contributed by atoms with van der Waals surface area (Å²) in [6.07, 6.45) is 19.0. The SMILES string of the molecule is CCC[CH2][Sn]([CH2]CCC)([CH2]CCC)[c]1cccc(S(C)(=O)=O)n1.CCC[CH2][Sn]([CH2]CCC)([CH2]CCC)[c]1cccc(SC)n1. The summed E-state index contributed by atoms with van der Waals surface area (Å²) in [4.78, 5) is 9.76. The maximum absolute atomic E-state index is 11.9. The van der Waals surface area contributed by atoms with Crippen LogP contribution in [-0.2, 0) is 9.84 Å². The number of thioether (sulfide) groups is 1. The molecule has 44 heavy (non-hydrogen) atoms. The molecule has 4 nitrogen and oxygen atoms in total. The summed E-state index contributed by atoms with van der Waals surface area (Å²) in [5.74, 6) is 0. The van der Waals surface area contributed by atoms with Crippen molar-refractivity contribution in [3.05, 3.63) is 36.4 Å². The fraction of sp³-hybridized carbons (Fsp3) is 0.722. The summed E-state index contributed by atoms with van der Waals surface area (Å²) >= 11 is -3.11. The number of pyridine rings is 2. The van der Waals surface area contributed by atoms with Gasteiger partial charge in [0.2, 0.25) is 0 Å². The summed E-state index contributed by atoms with van der Waals surface area (Å²) in [7, 11) is -3.22. The molecular weight excluding hydrogens is 794 g/mol. The summed E-state index contributed by atoms with van der Waals surface area (Å²) in [5, 5.41) is 1.48. The third-order valence-electron chi connectivity index (χ3n) is 9.18. The van der Waals surface area contributed by atoms with Crippen LogP contribution in [0.5, 0.6) is 0 Å². The van der Waals surface area contributed by atoms with E-state index in [-0.39, 0.29) is 5.03 Å². The Balaban J connectivity index is 0.000000442. The molecule has 0 N–H and O–H groups in total. The normalized spacial score (nSPS) is 12.2. The van der Waals surface area contributed by atoms with Gasteiger partial charge in [-0.15, -0.1) is 0 Å². The van der Waals surface area contributed by atoms with Gasteiger partial charge in [-0.1, -0.05) is 0 Å². The molecular formula is C36H66N2O2S2Sn2. The van der Waals surface area contributed by atoms with Gasteiger partial charge in [0, 0.05) is 0 Å². The molecule has 2 rings (SSSR count). The topological polar surface area (TPSA) is 59.9 Å². The van der Waals surface area contributed by atoms with E-state index in [0.29, 0.717) is 0 Å². The predicted octanol–water partition coefficient (Wildman–Crippen LogP) is 10.4. The number of rotatable bonds is 22. The molecule has 8 heteroatoms. The molecule has 0 bridgehead atoms. The molecule has 252 valence electrons. The molecule has 0 saturated heterocycles. The summed E-state index contributed by atoms with van der Waals surface area (Å²) < 4.78 is 35.0.